The molecular formula is C12H15ClN2OS. The Kier molecular flexibility index (Phi) is 3.86. The fourth-order valence-corrected chi connectivity index (χ4v) is 2.53. The van der Waals surface area contributed by atoms with Crippen LogP contribution in [0.25, 0.3) is 0 Å². The molecule has 0 saturated heterocycles. The Labute approximate surface area is 111 Å². The number of thiocarbonyl (C=S) groups is 1. The Balaban J connectivity index is 2.41. The van der Waals surface area contributed by atoms with E-state index < -0.39 is 0 Å². The summed E-state index contributed by atoms with van der Waals surface area (Å²) in [5.41, 5.74) is 7.37. The van der Waals surface area contributed by atoms with Crippen molar-refractivity contribution in [2.75, 3.05) is 18.1 Å². The Morgan fingerprint density at radius 1 is 1.53 bits per heavy atom. The first-order chi connectivity index (χ1) is 8.15. The van der Waals surface area contributed by atoms with Crippen molar-refractivity contribution in [3.05, 3.63) is 28.8 Å². The average Bonchev–Trinajstić information content (AvgIpc) is 3.08. The molecule has 0 unspecified atom stereocenters. The second-order valence-electron chi connectivity index (χ2n) is 4.15. The molecule has 0 atom stereocenters. The molecule has 0 heterocycles. The van der Waals surface area contributed by atoms with Crippen molar-refractivity contribution in [3.63, 3.8) is 0 Å². The van der Waals surface area contributed by atoms with E-state index in [0.717, 1.165) is 18.5 Å². The molecular weight excluding hydrogens is 256 g/mol. The second-order valence-corrected chi connectivity index (χ2v) is 4.99. The van der Waals surface area contributed by atoms with Gasteiger partial charge in [0.1, 0.15) is 4.99 Å². The number of nitrogens with two attached hydrogens (primary N) is 1. The van der Waals surface area contributed by atoms with Gasteiger partial charge in [-0.3, -0.25) is 0 Å². The molecule has 17 heavy (non-hydrogen) atoms. The zero-order valence-electron chi connectivity index (χ0n) is 9.40. The molecule has 0 aromatic heterocycles. The molecule has 3 N–H and O–H groups in total. The summed E-state index contributed by atoms with van der Waals surface area (Å²) in [5, 5.41) is 9.70. The van der Waals surface area contributed by atoms with E-state index in [1.807, 2.05) is 12.1 Å². The minimum atomic E-state index is 0.111. The van der Waals surface area contributed by atoms with Gasteiger partial charge in [0.25, 0.3) is 0 Å². The largest absolute Gasteiger partial charge is 0.395 e. The number of rotatable bonds is 5. The number of hydrogen-bond donors (Lipinski definition) is 2. The lowest BCUT2D eigenvalue weighted by molar-refractivity contribution is 0.301. The molecule has 5 heteroatoms. The van der Waals surface area contributed by atoms with E-state index in [9.17, 15) is 0 Å². The first-order valence-electron chi connectivity index (χ1n) is 5.61. The summed E-state index contributed by atoms with van der Waals surface area (Å²) in [6.07, 6.45) is 2.28. The van der Waals surface area contributed by atoms with E-state index in [0.29, 0.717) is 28.2 Å². The minimum Gasteiger partial charge on any atom is -0.395 e. The molecule has 92 valence electrons. The highest BCUT2D eigenvalue weighted by Crippen LogP contribution is 2.35. The summed E-state index contributed by atoms with van der Waals surface area (Å²) in [4.78, 5) is 2.44. The molecule has 1 aliphatic carbocycles. The van der Waals surface area contributed by atoms with Crippen LogP contribution in [0.3, 0.4) is 0 Å². The maximum atomic E-state index is 9.13. The van der Waals surface area contributed by atoms with Crippen molar-refractivity contribution in [1.29, 1.82) is 0 Å². The first-order valence-corrected chi connectivity index (χ1v) is 6.39. The Morgan fingerprint density at radius 3 is 2.76 bits per heavy atom. The predicted molar refractivity (Wildman–Crippen MR) is 74.8 cm³/mol. The van der Waals surface area contributed by atoms with Crippen LogP contribution in [0.2, 0.25) is 5.02 Å². The molecule has 1 saturated carbocycles. The third-order valence-electron chi connectivity index (χ3n) is 2.88. The van der Waals surface area contributed by atoms with Gasteiger partial charge in [-0.25, -0.2) is 0 Å². The average molecular weight is 271 g/mol. The maximum Gasteiger partial charge on any atom is 0.107 e. The van der Waals surface area contributed by atoms with Gasteiger partial charge < -0.3 is 15.7 Å². The van der Waals surface area contributed by atoms with Crippen LogP contribution in [-0.4, -0.2) is 29.3 Å². The Hall–Kier alpha value is -0.840. The summed E-state index contributed by atoms with van der Waals surface area (Å²) in [5.74, 6) is 0. The van der Waals surface area contributed by atoms with Crippen molar-refractivity contribution in [1.82, 2.24) is 0 Å². The summed E-state index contributed by atoms with van der Waals surface area (Å²) >= 11 is 11.2. The summed E-state index contributed by atoms with van der Waals surface area (Å²) in [7, 11) is 0. The monoisotopic (exact) mass is 270 g/mol. The molecule has 0 spiro atoms. The number of aliphatic hydroxyl groups excluding tert-OH is 1. The van der Waals surface area contributed by atoms with Crippen molar-refractivity contribution in [2.24, 2.45) is 5.73 Å². The van der Waals surface area contributed by atoms with Crippen molar-refractivity contribution in [2.45, 2.75) is 18.9 Å². The molecule has 2 rings (SSSR count). The van der Waals surface area contributed by atoms with Gasteiger partial charge in [0.05, 0.1) is 17.2 Å². The molecule has 0 amide bonds. The third kappa shape index (κ3) is 2.70. The van der Waals surface area contributed by atoms with Crippen LogP contribution in [0.15, 0.2) is 18.2 Å². The van der Waals surface area contributed by atoms with Gasteiger partial charge >= 0.3 is 0 Å². The predicted octanol–water partition coefficient (Wildman–Crippen LogP) is 1.94. The van der Waals surface area contributed by atoms with Crippen LogP contribution in [0.5, 0.6) is 0 Å². The highest BCUT2D eigenvalue weighted by Gasteiger charge is 2.30. The first kappa shape index (κ1) is 12.6. The molecule has 1 aliphatic rings. The van der Waals surface area contributed by atoms with Crippen LogP contribution in [-0.2, 0) is 0 Å². The van der Waals surface area contributed by atoms with E-state index in [1.165, 1.54) is 0 Å². The Bertz CT molecular complexity index is 435. The quantitative estimate of drug-likeness (QED) is 0.803. The topological polar surface area (TPSA) is 49.5 Å². The van der Waals surface area contributed by atoms with Gasteiger partial charge in [-0.2, -0.15) is 0 Å². The van der Waals surface area contributed by atoms with Crippen LogP contribution >= 0.6 is 23.8 Å². The van der Waals surface area contributed by atoms with Gasteiger partial charge in [0, 0.05) is 18.3 Å². The minimum absolute atomic E-state index is 0.111. The fourth-order valence-electron chi connectivity index (χ4n) is 1.99. The molecule has 1 aromatic carbocycles. The van der Waals surface area contributed by atoms with Crippen LogP contribution in [0, 0.1) is 0 Å². The third-order valence-corrected chi connectivity index (χ3v) is 3.40. The number of halogens is 1. The molecule has 0 aliphatic heterocycles. The molecule has 1 aromatic rings. The van der Waals surface area contributed by atoms with Gasteiger partial charge in [-0.05, 0) is 25.0 Å². The summed E-state index contributed by atoms with van der Waals surface area (Å²) in [6, 6.07) is 6.10. The van der Waals surface area contributed by atoms with Gasteiger partial charge in [-0.15, -0.1) is 0 Å². The second kappa shape index (κ2) is 5.21. The number of hydrogen-bond acceptors (Lipinski definition) is 3. The van der Waals surface area contributed by atoms with E-state index in [-0.39, 0.29) is 6.61 Å². The smallest absolute Gasteiger partial charge is 0.107 e. The highest BCUT2D eigenvalue weighted by atomic mass is 35.5. The van der Waals surface area contributed by atoms with E-state index in [2.05, 4.69) is 4.90 Å². The van der Waals surface area contributed by atoms with Crippen LogP contribution in [0.1, 0.15) is 18.4 Å². The SMILES string of the molecule is NC(=S)c1c(Cl)cccc1N(CCO)C1CC1. The van der Waals surface area contributed by atoms with Gasteiger partial charge in [0.15, 0.2) is 0 Å². The Morgan fingerprint density at radius 2 is 2.24 bits per heavy atom. The zero-order chi connectivity index (χ0) is 12.4. The molecule has 3 nitrogen and oxygen atoms in total. The van der Waals surface area contributed by atoms with E-state index in [1.54, 1.807) is 6.07 Å². The maximum absolute atomic E-state index is 9.13. The van der Waals surface area contributed by atoms with E-state index in [4.69, 9.17) is 34.7 Å². The number of anilines is 1. The molecule has 0 bridgehead atoms. The highest BCUT2D eigenvalue weighted by molar-refractivity contribution is 7.80. The zero-order valence-corrected chi connectivity index (χ0v) is 11.0. The lowest BCUT2D eigenvalue weighted by atomic mass is 10.1. The lowest BCUT2D eigenvalue weighted by Crippen LogP contribution is -2.31. The molecule has 1 fully saturated rings. The summed E-state index contributed by atoms with van der Waals surface area (Å²) in [6.45, 7) is 0.695. The standard InChI is InChI=1S/C12H15ClN2OS/c13-9-2-1-3-10(11(9)12(14)17)15(6-7-16)8-4-5-8/h1-3,8,16H,4-7H2,(H2,14,17). The lowest BCUT2D eigenvalue weighted by Gasteiger charge is -2.26. The van der Waals surface area contributed by atoms with Crippen molar-refractivity contribution >= 4 is 34.5 Å². The summed E-state index contributed by atoms with van der Waals surface area (Å²) < 4.78 is 0. The number of nitrogens with zero attached hydrogens (tertiary/aromatic N) is 1. The fraction of sp³-hybridized carbons (Fsp3) is 0.417. The van der Waals surface area contributed by atoms with Gasteiger partial charge in [0.2, 0.25) is 0 Å². The van der Waals surface area contributed by atoms with Gasteiger partial charge in [-0.1, -0.05) is 29.9 Å². The van der Waals surface area contributed by atoms with Crippen molar-refractivity contribution in [3.8, 4) is 0 Å². The number of aliphatic hydroxyl groups is 1. The van der Waals surface area contributed by atoms with Crippen LogP contribution < -0.4 is 10.6 Å². The van der Waals surface area contributed by atoms with Crippen LogP contribution in [0.4, 0.5) is 5.69 Å². The molecule has 0 radical (unpaired) electrons. The van der Waals surface area contributed by atoms with E-state index >= 15 is 0 Å². The normalized spacial score (nSPS) is 14.7. The number of benzene rings is 1. The van der Waals surface area contributed by atoms with Crippen molar-refractivity contribution < 1.29 is 5.11 Å².